The highest BCUT2D eigenvalue weighted by Gasteiger charge is 2.04. The largest absolute Gasteiger partial charge is 0.496 e. The molecule has 0 aromatic heterocycles. The minimum atomic E-state index is 0.865. The summed E-state index contributed by atoms with van der Waals surface area (Å²) in [6.45, 7) is 5.12. The van der Waals surface area contributed by atoms with E-state index in [0.29, 0.717) is 0 Å². The molecule has 0 bridgehead atoms. The van der Waals surface area contributed by atoms with Gasteiger partial charge in [0.2, 0.25) is 0 Å². The van der Waals surface area contributed by atoms with Crippen molar-refractivity contribution in [2.75, 3.05) is 38.7 Å². The van der Waals surface area contributed by atoms with Gasteiger partial charge >= 0.3 is 0 Å². The summed E-state index contributed by atoms with van der Waals surface area (Å²) in [7, 11) is 3.76. The molecule has 0 heterocycles. The molecule has 0 aliphatic carbocycles. The molecule has 0 aliphatic rings. The van der Waals surface area contributed by atoms with Gasteiger partial charge in [-0.05, 0) is 40.7 Å². The smallest absolute Gasteiger partial charge is 0.133 e. The van der Waals surface area contributed by atoms with Crippen LogP contribution in [0.25, 0.3) is 0 Å². The van der Waals surface area contributed by atoms with Crippen LogP contribution in [-0.2, 0) is 0 Å². The monoisotopic (exact) mass is 286 g/mol. The first-order chi connectivity index (χ1) is 7.69. The normalized spacial score (nSPS) is 10.2. The third-order valence-corrected chi connectivity index (χ3v) is 3.07. The number of nitrogens with zero attached hydrogens (tertiary/aromatic N) is 1. The Morgan fingerprint density at radius 2 is 2.19 bits per heavy atom. The molecule has 1 N–H and O–H groups in total. The Kier molecular flexibility index (Phi) is 5.63. The van der Waals surface area contributed by atoms with Crippen LogP contribution in [-0.4, -0.2) is 33.8 Å². The summed E-state index contributed by atoms with van der Waals surface area (Å²) >= 11 is 3.49. The van der Waals surface area contributed by atoms with Crippen molar-refractivity contribution in [1.29, 1.82) is 0 Å². The molecule has 4 heteroatoms. The van der Waals surface area contributed by atoms with E-state index in [1.165, 1.54) is 5.69 Å². The molecule has 0 fully saturated rings. The number of likely N-dealkylation sites (N-methyl/N-ethyl adjacent to an activating group) is 2. The first-order valence-corrected chi connectivity index (χ1v) is 6.23. The van der Waals surface area contributed by atoms with Crippen molar-refractivity contribution in [3.63, 3.8) is 0 Å². The summed E-state index contributed by atoms with van der Waals surface area (Å²) in [4.78, 5) is 2.22. The van der Waals surface area contributed by atoms with E-state index >= 15 is 0 Å². The summed E-state index contributed by atoms with van der Waals surface area (Å²) in [6.07, 6.45) is 0. The van der Waals surface area contributed by atoms with Gasteiger partial charge in [0, 0.05) is 25.8 Å². The zero-order valence-corrected chi connectivity index (χ0v) is 11.7. The van der Waals surface area contributed by atoms with E-state index in [0.717, 1.165) is 29.9 Å². The van der Waals surface area contributed by atoms with Crippen molar-refractivity contribution in [3.05, 3.63) is 22.7 Å². The van der Waals surface area contributed by atoms with Crippen molar-refractivity contribution in [1.82, 2.24) is 5.32 Å². The Morgan fingerprint density at radius 1 is 1.44 bits per heavy atom. The van der Waals surface area contributed by atoms with E-state index in [1.807, 2.05) is 6.07 Å². The maximum Gasteiger partial charge on any atom is 0.133 e. The zero-order chi connectivity index (χ0) is 12.0. The fourth-order valence-corrected chi connectivity index (χ4v) is 1.97. The van der Waals surface area contributed by atoms with Gasteiger partial charge in [0.1, 0.15) is 5.75 Å². The van der Waals surface area contributed by atoms with Crippen LogP contribution in [0.2, 0.25) is 0 Å². The molecule has 1 rings (SSSR count). The van der Waals surface area contributed by atoms with Crippen LogP contribution < -0.4 is 15.0 Å². The molecule has 0 unspecified atom stereocenters. The number of halogens is 1. The van der Waals surface area contributed by atoms with Crippen molar-refractivity contribution >= 4 is 21.6 Å². The van der Waals surface area contributed by atoms with Gasteiger partial charge < -0.3 is 15.0 Å². The molecule has 0 saturated heterocycles. The predicted octanol–water partition coefficient (Wildman–Crippen LogP) is 2.50. The summed E-state index contributed by atoms with van der Waals surface area (Å²) < 4.78 is 6.19. The number of hydrogen-bond acceptors (Lipinski definition) is 3. The Labute approximate surface area is 106 Å². The van der Waals surface area contributed by atoms with Crippen LogP contribution in [0, 0.1) is 0 Å². The molecule has 0 aliphatic heterocycles. The predicted molar refractivity (Wildman–Crippen MR) is 72.5 cm³/mol. The van der Waals surface area contributed by atoms with E-state index in [9.17, 15) is 0 Å². The number of benzene rings is 1. The van der Waals surface area contributed by atoms with Crippen LogP contribution in [0.5, 0.6) is 5.75 Å². The lowest BCUT2D eigenvalue weighted by Gasteiger charge is -2.20. The number of hydrogen-bond donors (Lipinski definition) is 1. The summed E-state index contributed by atoms with van der Waals surface area (Å²) in [5, 5.41) is 3.31. The highest BCUT2D eigenvalue weighted by Crippen LogP contribution is 2.28. The first kappa shape index (κ1) is 13.3. The molecular weight excluding hydrogens is 268 g/mol. The van der Waals surface area contributed by atoms with E-state index < -0.39 is 0 Å². The summed E-state index contributed by atoms with van der Waals surface area (Å²) in [6, 6.07) is 6.11. The van der Waals surface area contributed by atoms with E-state index in [1.54, 1.807) is 7.11 Å². The van der Waals surface area contributed by atoms with Crippen LogP contribution in [0.15, 0.2) is 22.7 Å². The fraction of sp³-hybridized carbons (Fsp3) is 0.500. The second kappa shape index (κ2) is 6.76. The van der Waals surface area contributed by atoms with Gasteiger partial charge in [-0.1, -0.05) is 6.92 Å². The topological polar surface area (TPSA) is 24.5 Å². The fourth-order valence-electron chi connectivity index (χ4n) is 1.45. The van der Waals surface area contributed by atoms with Crippen LogP contribution in [0.1, 0.15) is 6.92 Å². The minimum Gasteiger partial charge on any atom is -0.496 e. The van der Waals surface area contributed by atoms with Crippen LogP contribution in [0.4, 0.5) is 5.69 Å². The lowest BCUT2D eigenvalue weighted by Crippen LogP contribution is -2.28. The van der Waals surface area contributed by atoms with Crippen LogP contribution >= 0.6 is 15.9 Å². The molecule has 0 saturated carbocycles. The highest BCUT2D eigenvalue weighted by atomic mass is 79.9. The number of nitrogens with one attached hydrogen (secondary N) is 1. The Bertz CT molecular complexity index is 331. The third kappa shape index (κ3) is 3.68. The molecule has 16 heavy (non-hydrogen) atoms. The van der Waals surface area contributed by atoms with Crippen molar-refractivity contribution < 1.29 is 4.74 Å². The molecule has 1 aromatic rings. The third-order valence-electron chi connectivity index (χ3n) is 2.45. The number of methoxy groups -OCH3 is 1. The van der Waals surface area contributed by atoms with Crippen molar-refractivity contribution in [2.45, 2.75) is 6.92 Å². The second-order valence-electron chi connectivity index (χ2n) is 3.59. The highest BCUT2D eigenvalue weighted by molar-refractivity contribution is 9.10. The van der Waals surface area contributed by atoms with Gasteiger partial charge in [-0.2, -0.15) is 0 Å². The van der Waals surface area contributed by atoms with Crippen molar-refractivity contribution in [3.8, 4) is 5.75 Å². The number of anilines is 1. The maximum atomic E-state index is 5.20. The Hall–Kier alpha value is -0.740. The van der Waals surface area contributed by atoms with Gasteiger partial charge in [-0.15, -0.1) is 0 Å². The lowest BCUT2D eigenvalue weighted by molar-refractivity contribution is 0.412. The molecule has 90 valence electrons. The lowest BCUT2D eigenvalue weighted by atomic mass is 10.3. The molecule has 1 aromatic carbocycles. The average molecular weight is 287 g/mol. The maximum absolute atomic E-state index is 5.20. The first-order valence-electron chi connectivity index (χ1n) is 5.44. The van der Waals surface area contributed by atoms with E-state index in [4.69, 9.17) is 4.74 Å². The molecule has 0 amide bonds. The summed E-state index contributed by atoms with van der Waals surface area (Å²) in [5.74, 6) is 0.865. The van der Waals surface area contributed by atoms with Gasteiger partial charge in [-0.25, -0.2) is 0 Å². The van der Waals surface area contributed by atoms with Gasteiger partial charge in [0.05, 0.1) is 11.6 Å². The second-order valence-corrected chi connectivity index (χ2v) is 4.45. The molecule has 0 spiro atoms. The number of ether oxygens (including phenoxy) is 1. The molecular formula is C12H19BrN2O. The van der Waals surface area contributed by atoms with Crippen molar-refractivity contribution in [2.24, 2.45) is 0 Å². The van der Waals surface area contributed by atoms with Gasteiger partial charge in [0.25, 0.3) is 0 Å². The van der Waals surface area contributed by atoms with E-state index in [-0.39, 0.29) is 0 Å². The van der Waals surface area contributed by atoms with Gasteiger partial charge in [0.15, 0.2) is 0 Å². The molecule has 0 atom stereocenters. The molecule has 0 radical (unpaired) electrons. The zero-order valence-electron chi connectivity index (χ0n) is 10.1. The van der Waals surface area contributed by atoms with Crippen LogP contribution in [0.3, 0.4) is 0 Å². The Morgan fingerprint density at radius 3 is 2.75 bits per heavy atom. The average Bonchev–Trinajstić information content (AvgIpc) is 2.29. The summed E-state index contributed by atoms with van der Waals surface area (Å²) in [5.41, 5.74) is 1.19. The van der Waals surface area contributed by atoms with Gasteiger partial charge in [-0.3, -0.25) is 0 Å². The SMILES string of the molecule is CCNCCN(C)c1ccc(OC)c(Br)c1. The minimum absolute atomic E-state index is 0.865. The standard InChI is InChI=1S/C12H19BrN2O/c1-4-14-7-8-15(2)10-5-6-12(16-3)11(13)9-10/h5-6,9,14H,4,7-8H2,1-3H3. The molecule has 3 nitrogen and oxygen atoms in total. The Balaban J connectivity index is 2.62. The number of rotatable bonds is 6. The van der Waals surface area contributed by atoms with E-state index in [2.05, 4.69) is 52.3 Å². The quantitative estimate of drug-likeness (QED) is 0.814.